The Labute approximate surface area is 124 Å². The molecule has 0 aliphatic heterocycles. The Hall–Kier alpha value is -2.41. The van der Waals surface area contributed by atoms with Crippen molar-refractivity contribution < 1.29 is 23.9 Å². The maximum Gasteiger partial charge on any atom is 0.331 e. The fourth-order valence-electron chi connectivity index (χ4n) is 1.29. The smallest absolute Gasteiger partial charge is 0.331 e. The summed E-state index contributed by atoms with van der Waals surface area (Å²) in [6, 6.07) is 2.78. The predicted molar refractivity (Wildman–Crippen MR) is 74.6 cm³/mol. The summed E-state index contributed by atoms with van der Waals surface area (Å²) in [7, 11) is 0. The summed E-state index contributed by atoms with van der Waals surface area (Å²) in [6.07, 6.45) is 0. The Morgan fingerprint density at radius 3 is 2.33 bits per heavy atom. The standard InChI is InChI=1S/C13H12ClFN2O4/c1-6(7(2)12(19)20)11(18)17-13(21)16-10-8(14)4-3-5-9(10)15/h3-5H,1-2H3,(H,19,20)(H2,16,17,18,21)/b7-6+. The minimum atomic E-state index is -1.28. The van der Waals surface area contributed by atoms with Crippen LogP contribution in [0.25, 0.3) is 0 Å². The maximum absolute atomic E-state index is 13.4. The maximum atomic E-state index is 13.4. The van der Waals surface area contributed by atoms with Crippen molar-refractivity contribution in [2.24, 2.45) is 0 Å². The highest BCUT2D eigenvalue weighted by atomic mass is 35.5. The molecule has 0 spiro atoms. The molecule has 112 valence electrons. The van der Waals surface area contributed by atoms with Gasteiger partial charge in [-0.3, -0.25) is 10.1 Å². The molecule has 6 nitrogen and oxygen atoms in total. The van der Waals surface area contributed by atoms with Gasteiger partial charge < -0.3 is 10.4 Å². The molecule has 3 N–H and O–H groups in total. The van der Waals surface area contributed by atoms with Crippen LogP contribution < -0.4 is 10.6 Å². The average Bonchev–Trinajstić information content (AvgIpc) is 2.41. The van der Waals surface area contributed by atoms with Gasteiger partial charge in [0, 0.05) is 11.1 Å². The third-order valence-electron chi connectivity index (χ3n) is 2.65. The van der Waals surface area contributed by atoms with Gasteiger partial charge in [0.1, 0.15) is 5.82 Å². The topological polar surface area (TPSA) is 95.5 Å². The number of carbonyl (C=O) groups excluding carboxylic acids is 2. The van der Waals surface area contributed by atoms with Crippen LogP contribution >= 0.6 is 11.6 Å². The van der Waals surface area contributed by atoms with E-state index in [1.807, 2.05) is 5.32 Å². The molecule has 0 radical (unpaired) electrons. The highest BCUT2D eigenvalue weighted by Gasteiger charge is 2.17. The highest BCUT2D eigenvalue weighted by molar-refractivity contribution is 6.33. The van der Waals surface area contributed by atoms with Gasteiger partial charge in [-0.25, -0.2) is 14.0 Å². The molecule has 0 atom stereocenters. The monoisotopic (exact) mass is 314 g/mol. The first kappa shape index (κ1) is 16.6. The van der Waals surface area contributed by atoms with Crippen LogP contribution in [-0.2, 0) is 9.59 Å². The zero-order valence-corrected chi connectivity index (χ0v) is 11.9. The summed E-state index contributed by atoms with van der Waals surface area (Å²) >= 11 is 5.71. The lowest BCUT2D eigenvalue weighted by molar-refractivity contribution is -0.133. The molecule has 0 unspecified atom stereocenters. The number of imide groups is 1. The number of urea groups is 1. The van der Waals surface area contributed by atoms with Gasteiger partial charge in [0.2, 0.25) is 0 Å². The average molecular weight is 315 g/mol. The molecule has 0 fully saturated rings. The van der Waals surface area contributed by atoms with Gasteiger partial charge in [0.05, 0.1) is 10.7 Å². The Kier molecular flexibility index (Phi) is 5.43. The third kappa shape index (κ3) is 4.28. The number of carbonyl (C=O) groups is 3. The SMILES string of the molecule is C/C(C(=O)O)=C(/C)C(=O)NC(=O)Nc1c(F)cccc1Cl. The molecule has 0 aliphatic rings. The first-order valence-corrected chi connectivity index (χ1v) is 6.09. The number of rotatable bonds is 3. The molecule has 0 saturated carbocycles. The number of para-hydroxylation sites is 1. The lowest BCUT2D eigenvalue weighted by Crippen LogP contribution is -2.35. The third-order valence-corrected chi connectivity index (χ3v) is 2.97. The normalized spacial score (nSPS) is 11.4. The number of hydrogen-bond donors (Lipinski definition) is 3. The number of benzene rings is 1. The first-order valence-electron chi connectivity index (χ1n) is 5.71. The van der Waals surface area contributed by atoms with Gasteiger partial charge in [0.15, 0.2) is 0 Å². The van der Waals surface area contributed by atoms with Crippen LogP contribution in [0.1, 0.15) is 13.8 Å². The Morgan fingerprint density at radius 1 is 1.19 bits per heavy atom. The minimum Gasteiger partial charge on any atom is -0.478 e. The van der Waals surface area contributed by atoms with Crippen LogP contribution in [0.15, 0.2) is 29.3 Å². The molecule has 21 heavy (non-hydrogen) atoms. The van der Waals surface area contributed by atoms with Crippen LogP contribution in [-0.4, -0.2) is 23.0 Å². The Balaban J connectivity index is 2.82. The number of carboxylic acid groups (broad SMARTS) is 1. The fourth-order valence-corrected chi connectivity index (χ4v) is 1.50. The predicted octanol–water partition coefficient (Wildman–Crippen LogP) is 2.55. The number of anilines is 1. The summed E-state index contributed by atoms with van der Waals surface area (Å²) < 4.78 is 13.4. The molecular weight excluding hydrogens is 303 g/mol. The van der Waals surface area contributed by atoms with Crippen molar-refractivity contribution >= 4 is 35.2 Å². The van der Waals surface area contributed by atoms with E-state index < -0.39 is 23.7 Å². The van der Waals surface area contributed by atoms with Crippen LogP contribution in [0.3, 0.4) is 0 Å². The molecule has 1 aromatic rings. The molecule has 0 bridgehead atoms. The Morgan fingerprint density at radius 2 is 1.81 bits per heavy atom. The first-order chi connectivity index (χ1) is 9.73. The molecule has 0 aliphatic carbocycles. The van der Waals surface area contributed by atoms with Crippen LogP contribution in [0.2, 0.25) is 5.02 Å². The number of nitrogens with one attached hydrogen (secondary N) is 2. The number of carboxylic acids is 1. The molecule has 1 aromatic carbocycles. The van der Waals surface area contributed by atoms with Gasteiger partial charge >= 0.3 is 12.0 Å². The molecule has 0 saturated heterocycles. The molecule has 0 aromatic heterocycles. The van der Waals surface area contributed by atoms with Gasteiger partial charge in [-0.1, -0.05) is 17.7 Å². The zero-order valence-electron chi connectivity index (χ0n) is 11.2. The zero-order chi connectivity index (χ0) is 16.2. The van der Waals surface area contributed by atoms with Crippen LogP contribution in [0, 0.1) is 5.82 Å². The largest absolute Gasteiger partial charge is 0.478 e. The van der Waals surface area contributed by atoms with Crippen molar-refractivity contribution in [1.82, 2.24) is 5.32 Å². The number of halogens is 2. The van der Waals surface area contributed by atoms with E-state index in [4.69, 9.17) is 16.7 Å². The van der Waals surface area contributed by atoms with E-state index in [1.54, 1.807) is 0 Å². The molecule has 8 heteroatoms. The van der Waals surface area contributed by atoms with E-state index in [-0.39, 0.29) is 21.9 Å². The number of hydrogen-bond acceptors (Lipinski definition) is 3. The lowest BCUT2D eigenvalue weighted by atomic mass is 10.1. The van der Waals surface area contributed by atoms with Gasteiger partial charge in [-0.2, -0.15) is 0 Å². The lowest BCUT2D eigenvalue weighted by Gasteiger charge is -2.09. The van der Waals surface area contributed by atoms with Crippen LogP contribution in [0.4, 0.5) is 14.9 Å². The van der Waals surface area contributed by atoms with Gasteiger partial charge in [-0.05, 0) is 26.0 Å². The van der Waals surface area contributed by atoms with E-state index in [1.165, 1.54) is 26.0 Å². The second-order valence-corrected chi connectivity index (χ2v) is 4.47. The summed E-state index contributed by atoms with van der Waals surface area (Å²) in [5.74, 6) is -2.95. The van der Waals surface area contributed by atoms with Crippen molar-refractivity contribution in [2.45, 2.75) is 13.8 Å². The second kappa shape index (κ2) is 6.85. The molecule has 0 heterocycles. The minimum absolute atomic E-state index is 0.0356. The van der Waals surface area contributed by atoms with E-state index in [9.17, 15) is 18.8 Å². The van der Waals surface area contributed by atoms with Gasteiger partial charge in [0.25, 0.3) is 5.91 Å². The van der Waals surface area contributed by atoms with Crippen molar-refractivity contribution in [2.75, 3.05) is 5.32 Å². The van der Waals surface area contributed by atoms with E-state index in [0.717, 1.165) is 6.07 Å². The van der Waals surface area contributed by atoms with Crippen molar-refractivity contribution in [1.29, 1.82) is 0 Å². The highest BCUT2D eigenvalue weighted by Crippen LogP contribution is 2.24. The molecule has 1 rings (SSSR count). The summed E-state index contributed by atoms with van der Waals surface area (Å²) in [6.45, 7) is 2.48. The van der Waals surface area contributed by atoms with Crippen molar-refractivity contribution in [3.8, 4) is 0 Å². The molecular formula is C13H12ClFN2O4. The van der Waals surface area contributed by atoms with Crippen molar-refractivity contribution in [3.63, 3.8) is 0 Å². The summed E-state index contributed by atoms with van der Waals surface area (Å²) in [5, 5.41) is 12.7. The van der Waals surface area contributed by atoms with E-state index >= 15 is 0 Å². The fraction of sp³-hybridized carbons (Fsp3) is 0.154. The number of amides is 3. The quantitative estimate of drug-likeness (QED) is 0.747. The Bertz CT molecular complexity index is 623. The molecule has 3 amide bonds. The second-order valence-electron chi connectivity index (χ2n) is 4.06. The number of aliphatic carboxylic acids is 1. The van der Waals surface area contributed by atoms with Crippen molar-refractivity contribution in [3.05, 3.63) is 40.2 Å². The van der Waals surface area contributed by atoms with Gasteiger partial charge in [-0.15, -0.1) is 0 Å². The van der Waals surface area contributed by atoms with E-state index in [0.29, 0.717) is 0 Å². The summed E-state index contributed by atoms with van der Waals surface area (Å²) in [4.78, 5) is 33.9. The van der Waals surface area contributed by atoms with E-state index in [2.05, 4.69) is 5.32 Å². The van der Waals surface area contributed by atoms with Crippen LogP contribution in [0.5, 0.6) is 0 Å². The summed E-state index contributed by atoms with van der Waals surface area (Å²) in [5.41, 5.74) is -0.623.